The number of fused-ring (bicyclic) bond motifs is 3. The molecular formula is C26H26N2O3. The molecule has 2 aromatic carbocycles. The minimum Gasteiger partial charge on any atom is -0.383 e. The molecular weight excluding hydrogens is 388 g/mol. The second-order valence-electron chi connectivity index (χ2n) is 7.97. The molecule has 0 saturated carbocycles. The number of oxime groups is 1. The van der Waals surface area contributed by atoms with E-state index in [2.05, 4.69) is 47.3 Å². The van der Waals surface area contributed by atoms with Crippen molar-refractivity contribution in [3.8, 4) is 0 Å². The standard InChI is InChI=1S/C26H26N2O3/c1-5-28-24-12-10-19(17(3)27-31-18(4)29)14-22(24)23-15-20(11-13-25(23)28)26(30)21-9-7-6-8-16(21)2/h6,8,10-14,23,26,30H,5,15H2,1-4H3. The normalized spacial score (nSPS) is 18.4. The lowest BCUT2D eigenvalue weighted by atomic mass is 9.83. The first-order chi connectivity index (χ1) is 14.9. The number of carbonyl (C=O) groups excluding carboxylic acids is 1. The summed E-state index contributed by atoms with van der Waals surface area (Å²) < 4.78 is 0. The lowest BCUT2D eigenvalue weighted by Crippen LogP contribution is -2.21. The Hall–Kier alpha value is -3.36. The molecule has 2 unspecified atom stereocenters. The Bertz CT molecular complexity index is 1110. The zero-order valence-corrected chi connectivity index (χ0v) is 18.3. The first-order valence-corrected chi connectivity index (χ1v) is 10.5. The average Bonchev–Trinajstić information content (AvgIpc) is 3.09. The van der Waals surface area contributed by atoms with Gasteiger partial charge in [-0.25, -0.2) is 4.79 Å². The minimum absolute atomic E-state index is 0.152. The van der Waals surface area contributed by atoms with Crippen molar-refractivity contribution in [2.45, 2.75) is 46.1 Å². The number of aliphatic hydroxyl groups excluding tert-OH is 1. The number of nitrogens with zero attached hydrogens (tertiary/aromatic N) is 2. The predicted molar refractivity (Wildman–Crippen MR) is 121 cm³/mol. The van der Waals surface area contributed by atoms with Gasteiger partial charge >= 0.3 is 5.97 Å². The summed E-state index contributed by atoms with van der Waals surface area (Å²) in [6, 6.07) is 16.0. The highest BCUT2D eigenvalue weighted by Gasteiger charge is 2.36. The van der Waals surface area contributed by atoms with Crippen LogP contribution in [0.1, 0.15) is 61.5 Å². The number of allylic oxidation sites excluding steroid dienone is 3. The van der Waals surface area contributed by atoms with Gasteiger partial charge in [0.15, 0.2) is 0 Å². The number of hydrogen-bond donors (Lipinski definition) is 1. The van der Waals surface area contributed by atoms with Gasteiger partial charge in [0.1, 0.15) is 6.10 Å². The highest BCUT2D eigenvalue weighted by atomic mass is 16.7. The highest BCUT2D eigenvalue weighted by Crippen LogP contribution is 2.50. The maximum atomic E-state index is 11.1. The number of aryl methyl sites for hydroxylation is 1. The molecule has 0 saturated heterocycles. The number of likely N-dealkylation sites (N-methyl/N-ethyl adjacent to an activating group) is 1. The molecule has 1 aliphatic heterocycles. The SMILES string of the molecule is CCN1C2=CC=C(C(O)c3c#cccc3C)CC2c2cc(C(C)=NOC(C)=O)ccc21. The predicted octanol–water partition coefficient (Wildman–Crippen LogP) is 4.75. The number of anilines is 1. The van der Waals surface area contributed by atoms with Crippen molar-refractivity contribution >= 4 is 17.4 Å². The van der Waals surface area contributed by atoms with Crippen molar-refractivity contribution in [3.63, 3.8) is 0 Å². The van der Waals surface area contributed by atoms with Crippen molar-refractivity contribution in [2.75, 3.05) is 11.4 Å². The molecule has 1 N–H and O–H groups in total. The molecule has 5 nitrogen and oxygen atoms in total. The summed E-state index contributed by atoms with van der Waals surface area (Å²) in [6.07, 6.45) is 4.18. The van der Waals surface area contributed by atoms with Crippen LogP contribution in [0.5, 0.6) is 0 Å². The summed E-state index contributed by atoms with van der Waals surface area (Å²) in [5, 5.41) is 15.0. The van der Waals surface area contributed by atoms with Crippen LogP contribution in [-0.2, 0) is 9.63 Å². The lowest BCUT2D eigenvalue weighted by Gasteiger charge is -2.26. The first-order valence-electron chi connectivity index (χ1n) is 10.5. The quantitative estimate of drug-likeness (QED) is 0.436. The molecule has 31 heavy (non-hydrogen) atoms. The Kier molecular flexibility index (Phi) is 5.67. The van der Waals surface area contributed by atoms with Gasteiger partial charge in [-0.2, -0.15) is 0 Å². The van der Waals surface area contributed by atoms with Crippen molar-refractivity contribution in [3.05, 3.63) is 88.1 Å². The molecule has 2 aliphatic rings. The Morgan fingerprint density at radius 3 is 2.84 bits per heavy atom. The van der Waals surface area contributed by atoms with Crippen LogP contribution in [0, 0.1) is 19.1 Å². The van der Waals surface area contributed by atoms with Gasteiger partial charge in [-0.05, 0) is 79.8 Å². The molecule has 0 spiro atoms. The second kappa shape index (κ2) is 8.41. The van der Waals surface area contributed by atoms with E-state index in [-0.39, 0.29) is 5.92 Å². The summed E-state index contributed by atoms with van der Waals surface area (Å²) in [7, 11) is 0. The topological polar surface area (TPSA) is 62.1 Å². The summed E-state index contributed by atoms with van der Waals surface area (Å²) in [5.74, 6) is -0.289. The molecule has 5 heteroatoms. The van der Waals surface area contributed by atoms with Crippen LogP contribution >= 0.6 is 0 Å². The van der Waals surface area contributed by atoms with Gasteiger partial charge in [0, 0.05) is 36.3 Å². The molecule has 0 fully saturated rings. The Balaban J connectivity index is 1.68. The monoisotopic (exact) mass is 414 g/mol. The van der Waals surface area contributed by atoms with Crippen molar-refractivity contribution in [2.24, 2.45) is 5.16 Å². The maximum Gasteiger partial charge on any atom is 0.331 e. The molecule has 0 aromatic heterocycles. The van der Waals surface area contributed by atoms with E-state index in [1.165, 1.54) is 23.9 Å². The van der Waals surface area contributed by atoms with E-state index in [0.717, 1.165) is 35.2 Å². The third-order valence-corrected chi connectivity index (χ3v) is 5.99. The number of carbonyl (C=O) groups is 1. The molecule has 2 aromatic rings. The first kappa shape index (κ1) is 20.9. The maximum absolute atomic E-state index is 11.1. The van der Waals surface area contributed by atoms with Crippen LogP contribution in [0.4, 0.5) is 5.69 Å². The van der Waals surface area contributed by atoms with Gasteiger partial charge in [-0.1, -0.05) is 29.4 Å². The Labute approximate surface area is 183 Å². The zero-order valence-electron chi connectivity index (χ0n) is 18.3. The third-order valence-electron chi connectivity index (χ3n) is 5.99. The third kappa shape index (κ3) is 3.87. The molecule has 0 bridgehead atoms. The van der Waals surface area contributed by atoms with E-state index in [0.29, 0.717) is 5.71 Å². The number of rotatable bonds is 5. The fraction of sp³-hybridized carbons (Fsp3) is 0.308. The number of aliphatic hydroxyl groups is 1. The lowest BCUT2D eigenvalue weighted by molar-refractivity contribution is -0.140. The van der Waals surface area contributed by atoms with E-state index in [1.807, 2.05) is 38.1 Å². The summed E-state index contributed by atoms with van der Waals surface area (Å²) in [4.78, 5) is 18.2. The molecule has 1 aliphatic carbocycles. The Morgan fingerprint density at radius 2 is 2.13 bits per heavy atom. The van der Waals surface area contributed by atoms with Crippen LogP contribution in [0.25, 0.3) is 0 Å². The van der Waals surface area contributed by atoms with Crippen LogP contribution < -0.4 is 4.90 Å². The molecule has 4 rings (SSSR count). The molecule has 1 heterocycles. The second-order valence-corrected chi connectivity index (χ2v) is 7.97. The fourth-order valence-corrected chi connectivity index (χ4v) is 4.39. The van der Waals surface area contributed by atoms with Gasteiger partial charge in [0.25, 0.3) is 0 Å². The van der Waals surface area contributed by atoms with Crippen LogP contribution in [0.3, 0.4) is 0 Å². The van der Waals surface area contributed by atoms with Gasteiger partial charge in [0.2, 0.25) is 0 Å². The number of hydrogen-bond acceptors (Lipinski definition) is 5. The van der Waals surface area contributed by atoms with Crippen molar-refractivity contribution in [1.29, 1.82) is 0 Å². The summed E-state index contributed by atoms with van der Waals surface area (Å²) in [5.41, 5.74) is 7.90. The summed E-state index contributed by atoms with van der Waals surface area (Å²) in [6.45, 7) is 8.14. The van der Waals surface area contributed by atoms with Gasteiger partial charge in [-0.3, -0.25) is 0 Å². The largest absolute Gasteiger partial charge is 0.383 e. The molecule has 2 atom stereocenters. The van der Waals surface area contributed by atoms with E-state index < -0.39 is 12.1 Å². The van der Waals surface area contributed by atoms with Crippen LogP contribution in [-0.4, -0.2) is 23.3 Å². The zero-order chi connectivity index (χ0) is 22.1. The smallest absolute Gasteiger partial charge is 0.331 e. The van der Waals surface area contributed by atoms with E-state index in [4.69, 9.17) is 4.84 Å². The van der Waals surface area contributed by atoms with E-state index in [1.54, 1.807) is 0 Å². The molecule has 158 valence electrons. The van der Waals surface area contributed by atoms with Crippen LogP contribution in [0.2, 0.25) is 0 Å². The van der Waals surface area contributed by atoms with Gasteiger partial charge in [0.05, 0.1) is 5.71 Å². The van der Waals surface area contributed by atoms with Crippen molar-refractivity contribution in [1.82, 2.24) is 0 Å². The van der Waals surface area contributed by atoms with Crippen molar-refractivity contribution < 1.29 is 14.7 Å². The van der Waals surface area contributed by atoms with Gasteiger partial charge < -0.3 is 14.8 Å². The minimum atomic E-state index is -0.704. The van der Waals surface area contributed by atoms with E-state index >= 15 is 0 Å². The highest BCUT2D eigenvalue weighted by molar-refractivity contribution is 5.99. The summed E-state index contributed by atoms with van der Waals surface area (Å²) >= 11 is 0. The fourth-order valence-electron chi connectivity index (χ4n) is 4.39. The van der Waals surface area contributed by atoms with E-state index in [9.17, 15) is 9.90 Å². The van der Waals surface area contributed by atoms with Crippen LogP contribution in [0.15, 0.2) is 58.9 Å². The molecule has 0 radical (unpaired) electrons. The molecule has 0 amide bonds. The van der Waals surface area contributed by atoms with Gasteiger partial charge in [-0.15, -0.1) is 0 Å². The number of benzene rings is 1. The average molecular weight is 415 g/mol. The Morgan fingerprint density at radius 1 is 1.32 bits per heavy atom.